The lowest BCUT2D eigenvalue weighted by molar-refractivity contribution is -0.116. The first kappa shape index (κ1) is 17.8. The van der Waals surface area contributed by atoms with E-state index in [-0.39, 0.29) is 5.91 Å². The lowest BCUT2D eigenvalue weighted by Crippen LogP contribution is -2.34. The number of anilines is 1. The van der Waals surface area contributed by atoms with Gasteiger partial charge in [0.1, 0.15) is 11.3 Å². The topological polar surface area (TPSA) is 84.3 Å². The summed E-state index contributed by atoms with van der Waals surface area (Å²) in [6.45, 7) is 1.03. The largest absolute Gasteiger partial charge is 0.381 e. The molecular formula is C19H25N3O3. The zero-order chi connectivity index (χ0) is 17.5. The minimum atomic E-state index is -1.01. The van der Waals surface area contributed by atoms with Crippen molar-refractivity contribution < 1.29 is 14.6 Å². The van der Waals surface area contributed by atoms with Crippen molar-refractivity contribution >= 4 is 11.7 Å². The molecule has 1 aliphatic heterocycles. The van der Waals surface area contributed by atoms with Gasteiger partial charge >= 0.3 is 0 Å². The summed E-state index contributed by atoms with van der Waals surface area (Å²) in [6, 6.07) is 0. The molecule has 1 aliphatic carbocycles. The Morgan fingerprint density at radius 1 is 1.28 bits per heavy atom. The summed E-state index contributed by atoms with van der Waals surface area (Å²) in [5.41, 5.74) is -0.531. The van der Waals surface area contributed by atoms with Crippen LogP contribution in [0.15, 0.2) is 12.4 Å². The standard InChI is InChI=1S/C19H25N3O3/c23-18(6-5-15-3-1-2-4-15)22-17-14-20-16(13-21-17)7-8-19(24)9-11-25-12-10-19/h13-15,24H,1-6,9-12H2,(H,21,22,23). The fraction of sp³-hybridized carbons (Fsp3) is 0.632. The molecule has 1 aromatic rings. The van der Waals surface area contributed by atoms with E-state index in [1.165, 1.54) is 38.1 Å². The lowest BCUT2D eigenvalue weighted by atomic mass is 9.95. The fourth-order valence-electron chi connectivity index (χ4n) is 3.31. The second-order valence-corrected chi connectivity index (χ2v) is 6.92. The van der Waals surface area contributed by atoms with E-state index < -0.39 is 5.60 Å². The molecule has 1 saturated heterocycles. The average molecular weight is 343 g/mol. The number of carbonyl (C=O) groups excluding carboxylic acids is 1. The van der Waals surface area contributed by atoms with Crippen LogP contribution in [0.1, 0.15) is 57.1 Å². The quantitative estimate of drug-likeness (QED) is 0.820. The Labute approximate surface area is 148 Å². The van der Waals surface area contributed by atoms with Crippen LogP contribution in [0.25, 0.3) is 0 Å². The molecule has 2 fully saturated rings. The maximum atomic E-state index is 12.0. The molecule has 2 heterocycles. The number of ether oxygens (including phenoxy) is 1. The van der Waals surface area contributed by atoms with Gasteiger partial charge in [-0.1, -0.05) is 31.6 Å². The normalized spacial score (nSPS) is 19.9. The highest BCUT2D eigenvalue weighted by molar-refractivity contribution is 5.89. The number of hydrogen-bond donors (Lipinski definition) is 2. The Balaban J connectivity index is 1.49. The first-order valence-corrected chi connectivity index (χ1v) is 9.08. The van der Waals surface area contributed by atoms with Crippen molar-refractivity contribution in [2.75, 3.05) is 18.5 Å². The zero-order valence-electron chi connectivity index (χ0n) is 14.5. The summed E-state index contributed by atoms with van der Waals surface area (Å²) in [6.07, 6.45) is 10.6. The van der Waals surface area contributed by atoms with Gasteiger partial charge in [0.25, 0.3) is 0 Å². The average Bonchev–Trinajstić information content (AvgIpc) is 3.14. The maximum Gasteiger partial charge on any atom is 0.225 e. The van der Waals surface area contributed by atoms with Gasteiger partial charge < -0.3 is 15.2 Å². The predicted octanol–water partition coefficient (Wildman–Crippen LogP) is 2.28. The van der Waals surface area contributed by atoms with E-state index in [2.05, 4.69) is 27.1 Å². The van der Waals surface area contributed by atoms with E-state index in [0.29, 0.717) is 49.9 Å². The first-order valence-electron chi connectivity index (χ1n) is 9.08. The van der Waals surface area contributed by atoms with Crippen LogP contribution in [0.4, 0.5) is 5.82 Å². The van der Waals surface area contributed by atoms with Crippen molar-refractivity contribution in [1.82, 2.24) is 9.97 Å². The van der Waals surface area contributed by atoms with Crippen molar-refractivity contribution in [3.8, 4) is 11.8 Å². The molecule has 134 valence electrons. The number of rotatable bonds is 4. The maximum absolute atomic E-state index is 12.0. The summed E-state index contributed by atoms with van der Waals surface area (Å²) in [5.74, 6) is 6.84. The van der Waals surface area contributed by atoms with E-state index in [4.69, 9.17) is 4.74 Å². The number of hydrogen-bond acceptors (Lipinski definition) is 5. The minimum absolute atomic E-state index is 0.0171. The molecule has 3 rings (SSSR count). The van der Waals surface area contributed by atoms with E-state index in [1.54, 1.807) is 0 Å². The van der Waals surface area contributed by atoms with Crippen molar-refractivity contribution in [3.63, 3.8) is 0 Å². The van der Waals surface area contributed by atoms with Crippen LogP contribution in [0, 0.1) is 17.8 Å². The molecule has 2 aliphatic rings. The summed E-state index contributed by atoms with van der Waals surface area (Å²) < 4.78 is 5.23. The van der Waals surface area contributed by atoms with Gasteiger partial charge in [-0.15, -0.1) is 0 Å². The molecule has 0 bridgehead atoms. The Hall–Kier alpha value is -1.97. The van der Waals surface area contributed by atoms with Gasteiger partial charge in [0.15, 0.2) is 5.82 Å². The highest BCUT2D eigenvalue weighted by Crippen LogP contribution is 2.28. The van der Waals surface area contributed by atoms with Crippen LogP contribution in [0.3, 0.4) is 0 Å². The van der Waals surface area contributed by atoms with E-state index >= 15 is 0 Å². The lowest BCUT2D eigenvalue weighted by Gasteiger charge is -2.26. The molecule has 1 aromatic heterocycles. The third kappa shape index (κ3) is 5.52. The van der Waals surface area contributed by atoms with Crippen molar-refractivity contribution in [1.29, 1.82) is 0 Å². The molecule has 0 unspecified atom stereocenters. The monoisotopic (exact) mass is 343 g/mol. The van der Waals surface area contributed by atoms with Crippen molar-refractivity contribution in [2.24, 2.45) is 5.92 Å². The minimum Gasteiger partial charge on any atom is -0.381 e. The van der Waals surface area contributed by atoms with Crippen molar-refractivity contribution in [3.05, 3.63) is 18.1 Å². The summed E-state index contributed by atoms with van der Waals surface area (Å²) in [4.78, 5) is 20.4. The molecule has 0 atom stereocenters. The molecule has 6 heteroatoms. The molecule has 1 saturated carbocycles. The smallest absolute Gasteiger partial charge is 0.225 e. The Morgan fingerprint density at radius 2 is 2.04 bits per heavy atom. The number of amides is 1. The number of nitrogens with one attached hydrogen (secondary N) is 1. The molecular weight excluding hydrogens is 318 g/mol. The number of aromatic nitrogens is 2. The predicted molar refractivity (Wildman–Crippen MR) is 93.7 cm³/mol. The Kier molecular flexibility index (Phi) is 6.00. The Bertz CT molecular complexity index is 636. The molecule has 1 amide bonds. The van der Waals surface area contributed by atoms with Gasteiger partial charge in [-0.2, -0.15) is 0 Å². The van der Waals surface area contributed by atoms with Gasteiger partial charge in [0.05, 0.1) is 25.6 Å². The highest BCUT2D eigenvalue weighted by Gasteiger charge is 2.27. The van der Waals surface area contributed by atoms with Crippen LogP contribution < -0.4 is 5.32 Å². The second-order valence-electron chi connectivity index (χ2n) is 6.92. The van der Waals surface area contributed by atoms with E-state index in [0.717, 1.165) is 6.42 Å². The number of aliphatic hydroxyl groups is 1. The second kappa shape index (κ2) is 8.41. The van der Waals surface area contributed by atoms with Gasteiger partial charge in [-0.05, 0) is 18.3 Å². The van der Waals surface area contributed by atoms with Crippen LogP contribution >= 0.6 is 0 Å². The van der Waals surface area contributed by atoms with Crippen LogP contribution in [0.2, 0.25) is 0 Å². The summed E-state index contributed by atoms with van der Waals surface area (Å²) in [5, 5.41) is 13.1. The van der Waals surface area contributed by atoms with Gasteiger partial charge in [0.2, 0.25) is 5.91 Å². The fourth-order valence-corrected chi connectivity index (χ4v) is 3.31. The molecule has 0 spiro atoms. The van der Waals surface area contributed by atoms with Crippen LogP contribution in [-0.2, 0) is 9.53 Å². The summed E-state index contributed by atoms with van der Waals surface area (Å²) >= 11 is 0. The van der Waals surface area contributed by atoms with Crippen LogP contribution in [0.5, 0.6) is 0 Å². The first-order chi connectivity index (χ1) is 12.1. The number of nitrogens with zero attached hydrogens (tertiary/aromatic N) is 2. The molecule has 25 heavy (non-hydrogen) atoms. The van der Waals surface area contributed by atoms with Gasteiger partial charge in [0, 0.05) is 19.3 Å². The van der Waals surface area contributed by atoms with Gasteiger partial charge in [-0.25, -0.2) is 9.97 Å². The zero-order valence-corrected chi connectivity index (χ0v) is 14.5. The third-order valence-corrected chi connectivity index (χ3v) is 4.92. The van der Waals surface area contributed by atoms with E-state index in [9.17, 15) is 9.90 Å². The Morgan fingerprint density at radius 3 is 2.72 bits per heavy atom. The molecule has 0 radical (unpaired) electrons. The molecule has 2 N–H and O–H groups in total. The molecule has 6 nitrogen and oxygen atoms in total. The summed E-state index contributed by atoms with van der Waals surface area (Å²) in [7, 11) is 0. The van der Waals surface area contributed by atoms with Crippen LogP contribution in [-0.4, -0.2) is 39.8 Å². The van der Waals surface area contributed by atoms with Gasteiger partial charge in [-0.3, -0.25) is 4.79 Å². The number of carbonyl (C=O) groups is 1. The SMILES string of the molecule is O=C(CCC1CCCC1)Nc1cnc(C#CC2(O)CCOCC2)cn1. The van der Waals surface area contributed by atoms with Crippen molar-refractivity contribution in [2.45, 2.75) is 57.0 Å². The van der Waals surface area contributed by atoms with E-state index in [1.807, 2.05) is 0 Å². The highest BCUT2D eigenvalue weighted by atomic mass is 16.5. The third-order valence-electron chi connectivity index (χ3n) is 4.92. The molecule has 0 aromatic carbocycles.